The highest BCUT2D eigenvalue weighted by Crippen LogP contribution is 2.21. The molecule has 0 unspecified atom stereocenters. The van der Waals surface area contributed by atoms with E-state index in [-0.39, 0.29) is 5.56 Å². The third-order valence-corrected chi connectivity index (χ3v) is 3.37. The van der Waals surface area contributed by atoms with Gasteiger partial charge in [0, 0.05) is 19.2 Å². The van der Waals surface area contributed by atoms with Crippen molar-refractivity contribution in [1.29, 1.82) is 0 Å². The molecule has 2 heterocycles. The van der Waals surface area contributed by atoms with E-state index >= 15 is 0 Å². The van der Waals surface area contributed by atoms with Crippen molar-refractivity contribution in [2.45, 2.75) is 13.5 Å². The summed E-state index contributed by atoms with van der Waals surface area (Å²) in [5.74, 6) is 0. The van der Waals surface area contributed by atoms with Crippen molar-refractivity contribution in [1.82, 2.24) is 15.1 Å². The number of rotatable bonds is 4. The average Bonchev–Trinajstić information content (AvgIpc) is 2.84. The lowest BCUT2D eigenvalue weighted by Crippen LogP contribution is -2.27. The van der Waals surface area contributed by atoms with E-state index in [0.29, 0.717) is 6.54 Å². The van der Waals surface area contributed by atoms with Crippen LogP contribution in [0.15, 0.2) is 28.4 Å². The lowest BCUT2D eigenvalue weighted by atomic mass is 10.2. The summed E-state index contributed by atoms with van der Waals surface area (Å²) in [5, 5.41) is 9.44. The standard InChI is InChI=1S/C12H15N3OS/c1-3-13-8-9-7-10(11-5-4-6-17-11)14-15(2)12(9)16/h4-7,13H,3,8H2,1-2H3. The van der Waals surface area contributed by atoms with Crippen molar-refractivity contribution in [3.63, 3.8) is 0 Å². The van der Waals surface area contributed by atoms with Gasteiger partial charge < -0.3 is 5.32 Å². The number of nitrogens with zero attached hydrogens (tertiary/aromatic N) is 2. The summed E-state index contributed by atoms with van der Waals surface area (Å²) >= 11 is 1.62. The number of nitrogens with one attached hydrogen (secondary N) is 1. The van der Waals surface area contributed by atoms with Gasteiger partial charge in [-0.25, -0.2) is 4.68 Å². The molecule has 0 aliphatic rings. The van der Waals surface area contributed by atoms with Gasteiger partial charge in [-0.2, -0.15) is 5.10 Å². The van der Waals surface area contributed by atoms with Crippen LogP contribution >= 0.6 is 11.3 Å². The third kappa shape index (κ3) is 2.62. The molecule has 0 spiro atoms. The molecule has 2 aromatic heterocycles. The number of aromatic nitrogens is 2. The molecule has 0 saturated carbocycles. The molecule has 0 saturated heterocycles. The molecule has 0 amide bonds. The molecular formula is C12H15N3OS. The van der Waals surface area contributed by atoms with Crippen LogP contribution in [0.1, 0.15) is 12.5 Å². The summed E-state index contributed by atoms with van der Waals surface area (Å²) in [6.45, 7) is 3.45. The maximum Gasteiger partial charge on any atom is 0.271 e. The van der Waals surface area contributed by atoms with Gasteiger partial charge in [0.05, 0.1) is 4.88 Å². The van der Waals surface area contributed by atoms with Gasteiger partial charge in [0.1, 0.15) is 5.69 Å². The van der Waals surface area contributed by atoms with E-state index in [1.165, 1.54) is 4.68 Å². The predicted octanol–water partition coefficient (Wildman–Crippen LogP) is 1.62. The first-order chi connectivity index (χ1) is 8.22. The van der Waals surface area contributed by atoms with Gasteiger partial charge in [-0.3, -0.25) is 4.79 Å². The second-order valence-electron chi connectivity index (χ2n) is 3.74. The highest BCUT2D eigenvalue weighted by Gasteiger charge is 2.08. The Hall–Kier alpha value is -1.46. The maximum absolute atomic E-state index is 11.9. The Balaban J connectivity index is 2.42. The summed E-state index contributed by atoms with van der Waals surface area (Å²) in [4.78, 5) is 12.9. The molecule has 0 aliphatic heterocycles. The third-order valence-electron chi connectivity index (χ3n) is 2.48. The number of thiophene rings is 1. The summed E-state index contributed by atoms with van der Waals surface area (Å²) in [5.41, 5.74) is 1.58. The number of aryl methyl sites for hydroxylation is 1. The Kier molecular flexibility index (Phi) is 3.71. The fourth-order valence-corrected chi connectivity index (χ4v) is 2.28. The molecule has 0 radical (unpaired) electrons. The van der Waals surface area contributed by atoms with E-state index in [4.69, 9.17) is 0 Å². The second-order valence-corrected chi connectivity index (χ2v) is 4.69. The van der Waals surface area contributed by atoms with Crippen LogP contribution in [0.5, 0.6) is 0 Å². The lowest BCUT2D eigenvalue weighted by molar-refractivity contribution is 0.665. The zero-order valence-electron chi connectivity index (χ0n) is 9.93. The average molecular weight is 249 g/mol. The molecule has 0 bridgehead atoms. The van der Waals surface area contributed by atoms with Crippen LogP contribution in [0.4, 0.5) is 0 Å². The SMILES string of the molecule is CCNCc1cc(-c2cccs2)nn(C)c1=O. The molecule has 0 atom stereocenters. The summed E-state index contributed by atoms with van der Waals surface area (Å²) in [7, 11) is 1.69. The minimum atomic E-state index is -0.0359. The molecule has 5 heteroatoms. The van der Waals surface area contributed by atoms with E-state index in [1.807, 2.05) is 30.5 Å². The van der Waals surface area contributed by atoms with Gasteiger partial charge >= 0.3 is 0 Å². The van der Waals surface area contributed by atoms with Crippen molar-refractivity contribution in [3.8, 4) is 10.6 Å². The molecule has 0 fully saturated rings. The van der Waals surface area contributed by atoms with E-state index < -0.39 is 0 Å². The normalized spacial score (nSPS) is 10.7. The van der Waals surface area contributed by atoms with Crippen molar-refractivity contribution < 1.29 is 0 Å². The van der Waals surface area contributed by atoms with Crippen LogP contribution < -0.4 is 10.9 Å². The number of hydrogen-bond acceptors (Lipinski definition) is 4. The largest absolute Gasteiger partial charge is 0.313 e. The number of hydrogen-bond donors (Lipinski definition) is 1. The highest BCUT2D eigenvalue weighted by molar-refractivity contribution is 7.13. The van der Waals surface area contributed by atoms with Crippen molar-refractivity contribution in [2.24, 2.45) is 7.05 Å². The zero-order valence-corrected chi connectivity index (χ0v) is 10.8. The zero-order chi connectivity index (χ0) is 12.3. The molecule has 2 aromatic rings. The Morgan fingerprint density at radius 2 is 2.35 bits per heavy atom. The minimum absolute atomic E-state index is 0.0359. The summed E-state index contributed by atoms with van der Waals surface area (Å²) < 4.78 is 1.40. The molecule has 90 valence electrons. The molecule has 4 nitrogen and oxygen atoms in total. The van der Waals surface area contributed by atoms with E-state index in [2.05, 4.69) is 10.4 Å². The monoisotopic (exact) mass is 249 g/mol. The van der Waals surface area contributed by atoms with Gasteiger partial charge in [0.2, 0.25) is 0 Å². The van der Waals surface area contributed by atoms with Crippen molar-refractivity contribution in [3.05, 3.63) is 39.5 Å². The maximum atomic E-state index is 11.9. The molecule has 1 N–H and O–H groups in total. The van der Waals surface area contributed by atoms with E-state index in [9.17, 15) is 4.79 Å². The minimum Gasteiger partial charge on any atom is -0.313 e. The van der Waals surface area contributed by atoms with Gasteiger partial charge in [-0.1, -0.05) is 13.0 Å². The van der Waals surface area contributed by atoms with Gasteiger partial charge in [-0.15, -0.1) is 11.3 Å². The first-order valence-electron chi connectivity index (χ1n) is 5.54. The summed E-state index contributed by atoms with van der Waals surface area (Å²) in [6.07, 6.45) is 0. The van der Waals surface area contributed by atoms with Crippen molar-refractivity contribution >= 4 is 11.3 Å². The Morgan fingerprint density at radius 3 is 3.00 bits per heavy atom. The van der Waals surface area contributed by atoms with Crippen LogP contribution in [-0.4, -0.2) is 16.3 Å². The van der Waals surface area contributed by atoms with Crippen LogP contribution in [0.2, 0.25) is 0 Å². The smallest absolute Gasteiger partial charge is 0.271 e. The molecular weight excluding hydrogens is 234 g/mol. The molecule has 2 rings (SSSR count). The van der Waals surface area contributed by atoms with Gasteiger partial charge in [0.15, 0.2) is 0 Å². The fraction of sp³-hybridized carbons (Fsp3) is 0.333. The first-order valence-corrected chi connectivity index (χ1v) is 6.42. The van der Waals surface area contributed by atoms with Gasteiger partial charge in [-0.05, 0) is 24.1 Å². The van der Waals surface area contributed by atoms with Crippen LogP contribution in [0.25, 0.3) is 10.6 Å². The highest BCUT2D eigenvalue weighted by atomic mass is 32.1. The fourth-order valence-electron chi connectivity index (χ4n) is 1.60. The van der Waals surface area contributed by atoms with Crippen LogP contribution in [0.3, 0.4) is 0 Å². The Bertz CT molecular complexity index is 545. The first kappa shape index (κ1) is 12.0. The molecule has 0 aliphatic carbocycles. The quantitative estimate of drug-likeness (QED) is 0.895. The Morgan fingerprint density at radius 1 is 1.53 bits per heavy atom. The van der Waals surface area contributed by atoms with E-state index in [1.54, 1.807) is 18.4 Å². The molecule has 0 aromatic carbocycles. The second kappa shape index (κ2) is 5.25. The summed E-state index contributed by atoms with van der Waals surface area (Å²) in [6, 6.07) is 5.86. The van der Waals surface area contributed by atoms with Crippen molar-refractivity contribution in [2.75, 3.05) is 6.54 Å². The van der Waals surface area contributed by atoms with E-state index in [0.717, 1.165) is 22.7 Å². The predicted molar refractivity (Wildman–Crippen MR) is 70.2 cm³/mol. The lowest BCUT2D eigenvalue weighted by Gasteiger charge is -2.06. The van der Waals surface area contributed by atoms with Gasteiger partial charge in [0.25, 0.3) is 5.56 Å². The van der Waals surface area contributed by atoms with Crippen LogP contribution in [0, 0.1) is 0 Å². The molecule has 17 heavy (non-hydrogen) atoms. The topological polar surface area (TPSA) is 46.9 Å². The Labute approximate surface area is 104 Å². The van der Waals surface area contributed by atoms with Crippen LogP contribution in [-0.2, 0) is 13.6 Å².